The average molecular weight is 452 g/mol. The molecule has 3 aliphatic heterocycles. The minimum Gasteiger partial charge on any atom is -0.369 e. The molecule has 1 aromatic carbocycles. The SMILES string of the molecule is CC1(N2CCC3(CC2)OCc2ccccc23)CC(N2CCCCC2)=C([N+](=O)[O-])c2nonc21. The summed E-state index contributed by atoms with van der Waals surface area (Å²) in [7, 11) is 0. The van der Waals surface area contributed by atoms with E-state index in [4.69, 9.17) is 9.37 Å². The molecule has 1 aromatic heterocycles. The zero-order valence-corrected chi connectivity index (χ0v) is 19.0. The summed E-state index contributed by atoms with van der Waals surface area (Å²) in [6.45, 7) is 6.13. The number of piperidine rings is 2. The van der Waals surface area contributed by atoms with Crippen LogP contribution in [0.3, 0.4) is 0 Å². The fourth-order valence-electron chi connectivity index (χ4n) is 6.37. The molecule has 0 N–H and O–H groups in total. The van der Waals surface area contributed by atoms with E-state index >= 15 is 0 Å². The van der Waals surface area contributed by atoms with E-state index in [1.165, 1.54) is 17.5 Å². The normalized spacial score (nSPS) is 27.0. The smallest absolute Gasteiger partial charge is 0.319 e. The Morgan fingerprint density at radius 2 is 1.82 bits per heavy atom. The number of rotatable bonds is 3. The Morgan fingerprint density at radius 3 is 2.58 bits per heavy atom. The molecule has 2 saturated heterocycles. The maximum Gasteiger partial charge on any atom is 0.319 e. The van der Waals surface area contributed by atoms with Crippen molar-refractivity contribution < 1.29 is 14.3 Å². The summed E-state index contributed by atoms with van der Waals surface area (Å²) in [5.74, 6) is 0. The summed E-state index contributed by atoms with van der Waals surface area (Å²) in [5.41, 5.74) is 3.55. The lowest BCUT2D eigenvalue weighted by Gasteiger charge is -2.49. The van der Waals surface area contributed by atoms with Crippen molar-refractivity contribution >= 4 is 5.70 Å². The maximum absolute atomic E-state index is 12.1. The van der Waals surface area contributed by atoms with Crippen LogP contribution in [-0.2, 0) is 22.5 Å². The lowest BCUT2D eigenvalue weighted by atomic mass is 9.78. The van der Waals surface area contributed by atoms with E-state index in [1.54, 1.807) is 0 Å². The van der Waals surface area contributed by atoms with Crippen LogP contribution in [-0.4, -0.2) is 51.2 Å². The van der Waals surface area contributed by atoms with Crippen molar-refractivity contribution in [3.05, 3.63) is 62.6 Å². The minimum atomic E-state index is -0.513. The molecule has 4 heterocycles. The second kappa shape index (κ2) is 7.63. The van der Waals surface area contributed by atoms with Crippen LogP contribution < -0.4 is 0 Å². The van der Waals surface area contributed by atoms with Gasteiger partial charge in [-0.3, -0.25) is 15.0 Å². The standard InChI is InChI=1S/C24H29N5O4/c1-23(28-13-9-24(10-14-28)18-8-4-3-7-17(18)16-32-24)15-19(27-11-5-2-6-12-27)21(29(30)31)20-22(23)26-33-25-20/h3-4,7-8H,2,5-6,9-16H2,1H3. The highest BCUT2D eigenvalue weighted by molar-refractivity contribution is 5.64. The van der Waals surface area contributed by atoms with Crippen LogP contribution in [0.1, 0.15) is 68.0 Å². The predicted octanol–water partition coefficient (Wildman–Crippen LogP) is 3.64. The van der Waals surface area contributed by atoms with Crippen molar-refractivity contribution in [1.29, 1.82) is 0 Å². The first kappa shape index (κ1) is 20.8. The highest BCUT2D eigenvalue weighted by Gasteiger charge is 2.52. The molecule has 174 valence electrons. The van der Waals surface area contributed by atoms with Gasteiger partial charge in [0.15, 0.2) is 0 Å². The fraction of sp³-hybridized carbons (Fsp3) is 0.583. The molecule has 1 spiro atoms. The second-order valence-corrected chi connectivity index (χ2v) is 9.94. The van der Waals surface area contributed by atoms with Crippen LogP contribution in [0.2, 0.25) is 0 Å². The van der Waals surface area contributed by atoms with Crippen molar-refractivity contribution in [3.8, 4) is 0 Å². The Kier molecular flexibility index (Phi) is 4.81. The molecule has 0 radical (unpaired) electrons. The number of ether oxygens (including phenoxy) is 1. The second-order valence-electron chi connectivity index (χ2n) is 9.94. The van der Waals surface area contributed by atoms with Gasteiger partial charge in [0.25, 0.3) is 0 Å². The van der Waals surface area contributed by atoms with Crippen molar-refractivity contribution in [3.63, 3.8) is 0 Å². The molecule has 2 aromatic rings. The first-order valence-electron chi connectivity index (χ1n) is 12.0. The summed E-state index contributed by atoms with van der Waals surface area (Å²) < 4.78 is 11.5. The van der Waals surface area contributed by atoms with E-state index in [0.717, 1.165) is 57.6 Å². The molecule has 1 atom stereocenters. The first-order chi connectivity index (χ1) is 16.0. The van der Waals surface area contributed by atoms with Gasteiger partial charge in [-0.1, -0.05) is 29.4 Å². The van der Waals surface area contributed by atoms with Gasteiger partial charge >= 0.3 is 5.70 Å². The number of hydrogen-bond acceptors (Lipinski definition) is 8. The summed E-state index contributed by atoms with van der Waals surface area (Å²) in [6, 6.07) is 8.51. The number of hydrogen-bond donors (Lipinski definition) is 0. The maximum atomic E-state index is 12.1. The Labute approximate surface area is 192 Å². The predicted molar refractivity (Wildman–Crippen MR) is 119 cm³/mol. The molecule has 0 saturated carbocycles. The molecule has 9 heteroatoms. The van der Waals surface area contributed by atoms with Crippen molar-refractivity contribution in [2.24, 2.45) is 0 Å². The topological polar surface area (TPSA) is 97.8 Å². The van der Waals surface area contributed by atoms with Crippen LogP contribution >= 0.6 is 0 Å². The molecule has 6 rings (SSSR count). The van der Waals surface area contributed by atoms with Gasteiger partial charge in [-0.15, -0.1) is 0 Å². The van der Waals surface area contributed by atoms with Crippen LogP contribution in [0.25, 0.3) is 5.70 Å². The van der Waals surface area contributed by atoms with E-state index in [2.05, 4.69) is 51.3 Å². The number of fused-ring (bicyclic) bond motifs is 3. The number of nitrogens with zero attached hydrogens (tertiary/aromatic N) is 5. The number of nitro groups is 1. The van der Waals surface area contributed by atoms with Crippen molar-refractivity contribution in [2.45, 2.75) is 63.2 Å². The van der Waals surface area contributed by atoms with Gasteiger partial charge in [-0.2, -0.15) is 0 Å². The van der Waals surface area contributed by atoms with E-state index in [0.29, 0.717) is 18.7 Å². The third-order valence-electron chi connectivity index (χ3n) is 8.21. The highest BCUT2D eigenvalue weighted by atomic mass is 16.6. The third kappa shape index (κ3) is 3.13. The van der Waals surface area contributed by atoms with Gasteiger partial charge in [0, 0.05) is 32.6 Å². The number of benzene rings is 1. The van der Waals surface area contributed by atoms with Gasteiger partial charge < -0.3 is 9.64 Å². The fourth-order valence-corrected chi connectivity index (χ4v) is 6.37. The molecular formula is C24H29N5O4. The molecule has 9 nitrogen and oxygen atoms in total. The molecule has 0 bridgehead atoms. The van der Waals surface area contributed by atoms with Gasteiger partial charge in [0.1, 0.15) is 5.69 Å². The Bertz CT molecular complexity index is 1110. The molecule has 1 aliphatic carbocycles. The molecular weight excluding hydrogens is 422 g/mol. The molecule has 33 heavy (non-hydrogen) atoms. The molecule has 2 fully saturated rings. The van der Waals surface area contributed by atoms with E-state index in [1.807, 2.05) is 0 Å². The Hall–Kier alpha value is -2.78. The number of aromatic nitrogens is 2. The minimum absolute atomic E-state index is 0.0622. The zero-order chi connectivity index (χ0) is 22.6. The largest absolute Gasteiger partial charge is 0.369 e. The monoisotopic (exact) mass is 451 g/mol. The summed E-state index contributed by atoms with van der Waals surface area (Å²) >= 11 is 0. The van der Waals surface area contributed by atoms with E-state index in [-0.39, 0.29) is 21.9 Å². The van der Waals surface area contributed by atoms with Gasteiger partial charge in [0.05, 0.1) is 28.4 Å². The first-order valence-corrected chi connectivity index (χ1v) is 12.0. The summed E-state index contributed by atoms with van der Waals surface area (Å²) in [6.07, 6.45) is 5.57. The van der Waals surface area contributed by atoms with E-state index < -0.39 is 5.54 Å². The van der Waals surface area contributed by atoms with Gasteiger partial charge in [0.2, 0.25) is 5.69 Å². The average Bonchev–Trinajstić information content (AvgIpc) is 3.47. The van der Waals surface area contributed by atoms with Crippen LogP contribution in [0.15, 0.2) is 34.6 Å². The van der Waals surface area contributed by atoms with Gasteiger partial charge in [-0.25, -0.2) is 4.63 Å². The van der Waals surface area contributed by atoms with Crippen LogP contribution in [0.5, 0.6) is 0 Å². The number of likely N-dealkylation sites (tertiary alicyclic amines) is 2. The Balaban J connectivity index is 1.33. The third-order valence-corrected chi connectivity index (χ3v) is 8.21. The summed E-state index contributed by atoms with van der Waals surface area (Å²) in [4.78, 5) is 16.4. The zero-order valence-electron chi connectivity index (χ0n) is 19.0. The highest BCUT2D eigenvalue weighted by Crippen LogP contribution is 2.50. The molecule has 0 amide bonds. The van der Waals surface area contributed by atoms with Crippen LogP contribution in [0, 0.1) is 10.1 Å². The van der Waals surface area contributed by atoms with E-state index in [9.17, 15) is 10.1 Å². The van der Waals surface area contributed by atoms with Crippen molar-refractivity contribution in [1.82, 2.24) is 20.1 Å². The quantitative estimate of drug-likeness (QED) is 0.515. The molecule has 1 unspecified atom stereocenters. The van der Waals surface area contributed by atoms with Crippen LogP contribution in [0.4, 0.5) is 0 Å². The van der Waals surface area contributed by atoms with Gasteiger partial charge in [-0.05, 0) is 55.3 Å². The van der Waals surface area contributed by atoms with Crippen molar-refractivity contribution in [2.75, 3.05) is 26.2 Å². The Morgan fingerprint density at radius 1 is 1.06 bits per heavy atom. The summed E-state index contributed by atoms with van der Waals surface area (Å²) in [5, 5.41) is 20.4. The lowest BCUT2D eigenvalue weighted by molar-refractivity contribution is -0.378. The molecule has 4 aliphatic rings. The lowest BCUT2D eigenvalue weighted by Crippen LogP contribution is -2.54.